The molecule has 0 aliphatic rings. The Kier molecular flexibility index (Phi) is 3.90. The van der Waals surface area contributed by atoms with Crippen molar-refractivity contribution < 1.29 is 4.74 Å². The van der Waals surface area contributed by atoms with E-state index in [9.17, 15) is 0 Å². The van der Waals surface area contributed by atoms with Crippen LogP contribution >= 0.6 is 0 Å². The van der Waals surface area contributed by atoms with Gasteiger partial charge in [-0.2, -0.15) is 0 Å². The number of fused-ring (bicyclic) bond motifs is 1. The fraction of sp³-hybridized carbons (Fsp3) is 0.263. The van der Waals surface area contributed by atoms with Gasteiger partial charge in [0.2, 0.25) is 5.95 Å². The average molecular weight is 307 g/mol. The SMILES string of the molecule is Cc1ccccc1OC(C)(C)Cc1nc(N)nc2ccccc12. The first-order valence-corrected chi connectivity index (χ1v) is 7.70. The largest absolute Gasteiger partial charge is 0.487 e. The number of aryl methyl sites for hydroxylation is 1. The molecule has 0 spiro atoms. The van der Waals surface area contributed by atoms with Crippen molar-refractivity contribution in [3.8, 4) is 5.75 Å². The Hall–Kier alpha value is -2.62. The summed E-state index contributed by atoms with van der Waals surface area (Å²) in [7, 11) is 0. The normalized spacial score (nSPS) is 11.6. The molecule has 0 saturated carbocycles. The van der Waals surface area contributed by atoms with Gasteiger partial charge in [-0.15, -0.1) is 0 Å². The Labute approximate surface area is 136 Å². The lowest BCUT2D eigenvalue weighted by atomic mass is 9.99. The van der Waals surface area contributed by atoms with Gasteiger partial charge >= 0.3 is 0 Å². The predicted molar refractivity (Wildman–Crippen MR) is 93.5 cm³/mol. The lowest BCUT2D eigenvalue weighted by Crippen LogP contribution is -2.32. The maximum Gasteiger partial charge on any atom is 0.220 e. The molecule has 4 heteroatoms. The van der Waals surface area contributed by atoms with Crippen molar-refractivity contribution in [2.45, 2.75) is 32.8 Å². The number of para-hydroxylation sites is 2. The molecular weight excluding hydrogens is 286 g/mol. The summed E-state index contributed by atoms with van der Waals surface area (Å²) in [6.45, 7) is 6.17. The second kappa shape index (κ2) is 5.88. The molecule has 23 heavy (non-hydrogen) atoms. The monoisotopic (exact) mass is 307 g/mol. The maximum atomic E-state index is 6.22. The predicted octanol–water partition coefficient (Wildman–Crippen LogP) is 3.92. The summed E-state index contributed by atoms with van der Waals surface area (Å²) in [5, 5.41) is 1.02. The smallest absolute Gasteiger partial charge is 0.220 e. The van der Waals surface area contributed by atoms with Gasteiger partial charge in [-0.25, -0.2) is 9.97 Å². The first-order chi connectivity index (χ1) is 10.9. The van der Waals surface area contributed by atoms with E-state index in [1.54, 1.807) is 0 Å². The highest BCUT2D eigenvalue weighted by molar-refractivity contribution is 5.81. The Morgan fingerprint density at radius 1 is 1.00 bits per heavy atom. The van der Waals surface area contributed by atoms with Crippen LogP contribution in [-0.2, 0) is 6.42 Å². The first-order valence-electron chi connectivity index (χ1n) is 7.70. The van der Waals surface area contributed by atoms with Crippen LogP contribution in [0.1, 0.15) is 25.1 Å². The minimum atomic E-state index is -0.407. The summed E-state index contributed by atoms with van der Waals surface area (Å²) in [6, 6.07) is 15.9. The van der Waals surface area contributed by atoms with E-state index in [4.69, 9.17) is 10.5 Å². The zero-order chi connectivity index (χ0) is 16.4. The van der Waals surface area contributed by atoms with Gasteiger partial charge in [0, 0.05) is 11.8 Å². The molecule has 0 amide bonds. The van der Waals surface area contributed by atoms with Crippen LogP contribution in [-0.4, -0.2) is 15.6 Å². The summed E-state index contributed by atoms with van der Waals surface area (Å²) in [5.74, 6) is 1.19. The van der Waals surface area contributed by atoms with Gasteiger partial charge in [0.05, 0.1) is 11.2 Å². The highest BCUT2D eigenvalue weighted by atomic mass is 16.5. The number of anilines is 1. The molecule has 0 atom stereocenters. The number of nitrogens with two attached hydrogens (primary N) is 1. The summed E-state index contributed by atoms with van der Waals surface area (Å²) >= 11 is 0. The minimum absolute atomic E-state index is 0.297. The molecule has 1 aromatic heterocycles. The van der Waals surface area contributed by atoms with Gasteiger partial charge in [0.15, 0.2) is 0 Å². The lowest BCUT2D eigenvalue weighted by Gasteiger charge is -2.27. The molecule has 2 aromatic carbocycles. The Morgan fingerprint density at radius 3 is 2.48 bits per heavy atom. The Bertz CT molecular complexity index is 843. The van der Waals surface area contributed by atoms with Crippen LogP contribution in [0.25, 0.3) is 10.9 Å². The molecular formula is C19H21N3O. The van der Waals surface area contributed by atoms with Gasteiger partial charge in [-0.1, -0.05) is 36.4 Å². The van der Waals surface area contributed by atoms with Crippen molar-refractivity contribution >= 4 is 16.9 Å². The first kappa shape index (κ1) is 15.3. The second-order valence-corrected chi connectivity index (χ2v) is 6.35. The minimum Gasteiger partial charge on any atom is -0.487 e. The standard InChI is InChI=1S/C19H21N3O/c1-13-8-4-7-11-17(13)23-19(2,3)12-16-14-9-5-6-10-15(14)21-18(20)22-16/h4-11H,12H2,1-3H3,(H2,20,21,22). The molecule has 1 heterocycles. The fourth-order valence-corrected chi connectivity index (χ4v) is 2.70. The van der Waals surface area contributed by atoms with E-state index in [1.807, 2.05) is 55.5 Å². The number of aromatic nitrogens is 2. The zero-order valence-corrected chi connectivity index (χ0v) is 13.7. The van der Waals surface area contributed by atoms with Crippen molar-refractivity contribution in [3.05, 3.63) is 59.8 Å². The maximum absolute atomic E-state index is 6.22. The van der Waals surface area contributed by atoms with Crippen LogP contribution in [0.2, 0.25) is 0 Å². The third-order valence-electron chi connectivity index (χ3n) is 3.77. The number of nitrogens with zero attached hydrogens (tertiary/aromatic N) is 2. The Morgan fingerprint density at radius 2 is 1.70 bits per heavy atom. The average Bonchev–Trinajstić information content (AvgIpc) is 2.49. The molecule has 0 fully saturated rings. The molecule has 2 N–H and O–H groups in total. The van der Waals surface area contributed by atoms with Gasteiger partial charge in [0.25, 0.3) is 0 Å². The van der Waals surface area contributed by atoms with Gasteiger partial charge in [0.1, 0.15) is 11.4 Å². The molecule has 118 valence electrons. The lowest BCUT2D eigenvalue weighted by molar-refractivity contribution is 0.108. The molecule has 0 aliphatic carbocycles. The fourth-order valence-electron chi connectivity index (χ4n) is 2.70. The van der Waals surface area contributed by atoms with Gasteiger partial charge < -0.3 is 10.5 Å². The van der Waals surface area contributed by atoms with E-state index in [0.29, 0.717) is 12.4 Å². The molecule has 4 nitrogen and oxygen atoms in total. The van der Waals surface area contributed by atoms with Gasteiger partial charge in [-0.3, -0.25) is 0 Å². The van der Waals surface area contributed by atoms with Crippen molar-refractivity contribution in [2.24, 2.45) is 0 Å². The topological polar surface area (TPSA) is 61.0 Å². The van der Waals surface area contributed by atoms with E-state index < -0.39 is 5.60 Å². The van der Waals surface area contributed by atoms with E-state index >= 15 is 0 Å². The van der Waals surface area contributed by atoms with Crippen LogP contribution < -0.4 is 10.5 Å². The van der Waals surface area contributed by atoms with Crippen molar-refractivity contribution in [1.29, 1.82) is 0 Å². The van der Waals surface area contributed by atoms with Crippen LogP contribution in [0.3, 0.4) is 0 Å². The van der Waals surface area contributed by atoms with Crippen molar-refractivity contribution in [1.82, 2.24) is 9.97 Å². The third-order valence-corrected chi connectivity index (χ3v) is 3.77. The van der Waals surface area contributed by atoms with E-state index in [2.05, 4.69) is 23.8 Å². The number of rotatable bonds is 4. The van der Waals surface area contributed by atoms with Gasteiger partial charge in [-0.05, 0) is 38.5 Å². The highest BCUT2D eigenvalue weighted by Gasteiger charge is 2.23. The second-order valence-electron chi connectivity index (χ2n) is 6.35. The van der Waals surface area contributed by atoms with Crippen LogP contribution in [0.4, 0.5) is 5.95 Å². The zero-order valence-electron chi connectivity index (χ0n) is 13.7. The Balaban J connectivity index is 1.93. The summed E-state index contributed by atoms with van der Waals surface area (Å²) < 4.78 is 6.22. The van der Waals surface area contributed by atoms with E-state index in [-0.39, 0.29) is 0 Å². The molecule has 0 saturated heterocycles. The van der Waals surface area contributed by atoms with Crippen LogP contribution in [0.5, 0.6) is 5.75 Å². The molecule has 0 radical (unpaired) electrons. The molecule has 0 bridgehead atoms. The summed E-state index contributed by atoms with van der Waals surface area (Å²) in [6.07, 6.45) is 0.647. The van der Waals surface area contributed by atoms with Crippen LogP contribution in [0, 0.1) is 6.92 Å². The number of benzene rings is 2. The van der Waals surface area contributed by atoms with E-state index in [0.717, 1.165) is 27.9 Å². The number of ether oxygens (including phenoxy) is 1. The van der Waals surface area contributed by atoms with Crippen molar-refractivity contribution in [3.63, 3.8) is 0 Å². The van der Waals surface area contributed by atoms with Crippen LogP contribution in [0.15, 0.2) is 48.5 Å². The highest BCUT2D eigenvalue weighted by Crippen LogP contribution is 2.27. The summed E-state index contributed by atoms with van der Waals surface area (Å²) in [4.78, 5) is 8.73. The summed E-state index contributed by atoms with van der Waals surface area (Å²) in [5.41, 5.74) is 8.34. The quantitative estimate of drug-likeness (QED) is 0.793. The number of nitrogen functional groups attached to an aromatic ring is 1. The van der Waals surface area contributed by atoms with E-state index in [1.165, 1.54) is 0 Å². The van der Waals surface area contributed by atoms with Crippen molar-refractivity contribution in [2.75, 3.05) is 5.73 Å². The molecule has 0 aliphatic heterocycles. The number of hydrogen-bond donors (Lipinski definition) is 1. The number of hydrogen-bond acceptors (Lipinski definition) is 4. The molecule has 0 unspecified atom stereocenters. The molecule has 3 aromatic rings. The third kappa shape index (κ3) is 3.42. The molecule has 3 rings (SSSR count).